The lowest BCUT2D eigenvalue weighted by atomic mass is 9.94. The maximum atomic E-state index is 16.8. The van der Waals surface area contributed by atoms with Crippen molar-refractivity contribution < 1.29 is 31.4 Å². The number of aromatic nitrogens is 3. The predicted octanol–water partition coefficient (Wildman–Crippen LogP) is 5.39. The van der Waals surface area contributed by atoms with Crippen LogP contribution in [0.3, 0.4) is 0 Å². The van der Waals surface area contributed by atoms with Gasteiger partial charge in [0.15, 0.2) is 5.82 Å². The van der Waals surface area contributed by atoms with Crippen LogP contribution in [0.4, 0.5) is 33.5 Å². The van der Waals surface area contributed by atoms with Crippen molar-refractivity contribution in [1.29, 1.82) is 0 Å². The zero-order valence-corrected chi connectivity index (χ0v) is 25.9. The van der Waals surface area contributed by atoms with Gasteiger partial charge < -0.3 is 25.4 Å². The van der Waals surface area contributed by atoms with Crippen LogP contribution >= 0.6 is 0 Å². The highest BCUT2D eigenvalue weighted by atomic mass is 19.4. The largest absolute Gasteiger partial charge is 0.472 e. The molecule has 14 heteroatoms. The van der Waals surface area contributed by atoms with E-state index < -0.39 is 52.0 Å². The minimum absolute atomic E-state index is 0.0245. The molecule has 9 nitrogen and oxygen atoms in total. The van der Waals surface area contributed by atoms with Crippen LogP contribution in [0.2, 0.25) is 0 Å². The van der Waals surface area contributed by atoms with Gasteiger partial charge in [0.05, 0.1) is 22.8 Å². The van der Waals surface area contributed by atoms with E-state index in [0.29, 0.717) is 18.9 Å². The molecule has 246 valence electrons. The summed E-state index contributed by atoms with van der Waals surface area (Å²) in [7, 11) is 0. The molecule has 7 rings (SSSR count). The van der Waals surface area contributed by atoms with Crippen molar-refractivity contribution >= 4 is 22.4 Å². The molecule has 4 aliphatic heterocycles. The monoisotopic (exact) mass is 645 g/mol. The van der Waals surface area contributed by atoms with Crippen molar-refractivity contribution in [2.24, 2.45) is 0 Å². The molecule has 2 aromatic heterocycles. The third-order valence-electron chi connectivity index (χ3n) is 10.0. The average Bonchev–Trinajstić information content (AvgIpc) is 3.50. The highest BCUT2D eigenvalue weighted by Crippen LogP contribution is 2.47. The number of alkyl halides is 3. The first-order chi connectivity index (χ1) is 21.8. The summed E-state index contributed by atoms with van der Waals surface area (Å²) in [4.78, 5) is 18.0. The Morgan fingerprint density at radius 2 is 1.98 bits per heavy atom. The Labute approximate surface area is 263 Å². The minimum Gasteiger partial charge on any atom is -0.472 e. The smallest absolute Gasteiger partial charge is 0.417 e. The van der Waals surface area contributed by atoms with Crippen LogP contribution in [0.5, 0.6) is 11.9 Å². The van der Waals surface area contributed by atoms with Gasteiger partial charge in [-0.25, -0.2) is 13.8 Å². The lowest BCUT2D eigenvalue weighted by molar-refractivity contribution is -0.137. The van der Waals surface area contributed by atoms with Gasteiger partial charge in [0.1, 0.15) is 40.9 Å². The van der Waals surface area contributed by atoms with Crippen LogP contribution < -0.4 is 25.4 Å². The molecule has 1 aromatic carbocycles. The summed E-state index contributed by atoms with van der Waals surface area (Å²) in [5.41, 5.74) is 2.19. The third kappa shape index (κ3) is 4.74. The molecule has 0 saturated carbocycles. The van der Waals surface area contributed by atoms with Crippen molar-refractivity contribution in [2.75, 3.05) is 43.4 Å². The van der Waals surface area contributed by atoms with E-state index in [-0.39, 0.29) is 47.0 Å². The fraction of sp³-hybridized carbons (Fsp3) is 0.531. The third-order valence-corrected chi connectivity index (χ3v) is 10.0. The first kappa shape index (κ1) is 30.9. The number of benzene rings is 1. The first-order valence-corrected chi connectivity index (χ1v) is 15.6. The molecule has 4 atom stereocenters. The average molecular weight is 646 g/mol. The number of nitrogens with zero attached hydrogens (tertiary/aromatic N) is 5. The summed E-state index contributed by atoms with van der Waals surface area (Å²) < 4.78 is 87.3. The summed E-state index contributed by atoms with van der Waals surface area (Å²) in [6.07, 6.45) is -2.15. The van der Waals surface area contributed by atoms with Crippen LogP contribution in [0.25, 0.3) is 22.2 Å². The molecule has 6 heterocycles. The molecule has 0 bridgehead atoms. The number of fused-ring (bicyclic) bond motifs is 3. The number of nitrogen functional groups attached to an aromatic ring is 1. The molecule has 46 heavy (non-hydrogen) atoms. The Morgan fingerprint density at radius 1 is 1.20 bits per heavy atom. The topological polar surface area (TPSA) is 102 Å². The van der Waals surface area contributed by atoms with Crippen molar-refractivity contribution in [3.63, 3.8) is 0 Å². The van der Waals surface area contributed by atoms with E-state index in [1.54, 1.807) is 0 Å². The number of anilines is 2. The van der Waals surface area contributed by atoms with Gasteiger partial charge in [-0.2, -0.15) is 23.1 Å². The Morgan fingerprint density at radius 3 is 2.72 bits per heavy atom. The predicted molar refractivity (Wildman–Crippen MR) is 163 cm³/mol. The Hall–Kier alpha value is -3.78. The van der Waals surface area contributed by atoms with Gasteiger partial charge in [0.2, 0.25) is 5.88 Å². The number of halogens is 5. The van der Waals surface area contributed by atoms with Crippen LogP contribution in [-0.2, 0) is 6.18 Å². The quantitative estimate of drug-likeness (QED) is 0.215. The molecule has 3 saturated heterocycles. The second-order valence-corrected chi connectivity index (χ2v) is 12.9. The van der Waals surface area contributed by atoms with Crippen LogP contribution in [0, 0.1) is 18.6 Å². The Kier molecular flexibility index (Phi) is 7.31. The lowest BCUT2D eigenvalue weighted by Crippen LogP contribution is -2.62. The van der Waals surface area contributed by atoms with Gasteiger partial charge in [0.25, 0.3) is 0 Å². The van der Waals surface area contributed by atoms with Crippen molar-refractivity contribution in [1.82, 2.24) is 25.2 Å². The van der Waals surface area contributed by atoms with Gasteiger partial charge in [-0.3, -0.25) is 4.90 Å². The van der Waals surface area contributed by atoms with Gasteiger partial charge in [-0.15, -0.1) is 0 Å². The standard InChI is InChI=1S/C32H36F5N7O2/c1-5-20-27-17(4)46-29-21-26(24(34)25(40-29)18-11-19(38)23(33)16(3)22(18)32(35,36)37)41-30(42-28(21)44(27)10-8-39-20)45-14-31-7-6-9-43(31)13-15(2)12-31/h11,17,20,27,39H,2,5-10,12-14,38H2,1,3-4H3/t17-,20-,27+,31-/m0/s1. The molecule has 0 aliphatic carbocycles. The molecule has 0 amide bonds. The summed E-state index contributed by atoms with van der Waals surface area (Å²) in [6, 6.07) is 0.370. The number of hydrogen-bond acceptors (Lipinski definition) is 9. The SMILES string of the molecule is C=C1CN2CCC[C@@]2(COc2nc3c4c(nc(-c5cc(N)c(F)c(C)c5C(F)(F)F)c(F)c4n2)O[C@@H](C)[C@@H]2[C@H](CC)NCCN32)C1. The summed E-state index contributed by atoms with van der Waals surface area (Å²) in [6.45, 7) is 12.1. The molecule has 3 fully saturated rings. The highest BCUT2D eigenvalue weighted by molar-refractivity contribution is 5.97. The number of nitrogens with two attached hydrogens (primary N) is 1. The van der Waals surface area contributed by atoms with Crippen molar-refractivity contribution in [3.05, 3.63) is 41.0 Å². The van der Waals surface area contributed by atoms with E-state index in [1.165, 1.54) is 0 Å². The zero-order chi connectivity index (χ0) is 32.7. The summed E-state index contributed by atoms with van der Waals surface area (Å²) in [5.74, 6) is -2.16. The van der Waals surface area contributed by atoms with E-state index in [1.807, 2.05) is 18.7 Å². The highest BCUT2D eigenvalue weighted by Gasteiger charge is 2.47. The van der Waals surface area contributed by atoms with E-state index >= 15 is 4.39 Å². The number of piperazine rings is 1. The Bertz CT molecular complexity index is 1750. The maximum absolute atomic E-state index is 16.8. The molecule has 3 N–H and O–H groups in total. The molecular formula is C32H36F5N7O2. The summed E-state index contributed by atoms with van der Waals surface area (Å²) >= 11 is 0. The molecular weight excluding hydrogens is 609 g/mol. The second kappa shape index (κ2) is 10.9. The lowest BCUT2D eigenvalue weighted by Gasteiger charge is -2.43. The molecule has 3 aromatic rings. The fourth-order valence-electron chi connectivity index (χ4n) is 7.97. The normalized spacial score (nSPS) is 26.2. The Balaban J connectivity index is 1.45. The van der Waals surface area contributed by atoms with Gasteiger partial charge >= 0.3 is 12.2 Å². The zero-order valence-electron chi connectivity index (χ0n) is 25.9. The molecule has 0 radical (unpaired) electrons. The number of ether oxygens (including phenoxy) is 2. The molecule has 4 aliphatic rings. The van der Waals surface area contributed by atoms with Gasteiger partial charge in [-0.05, 0) is 57.7 Å². The van der Waals surface area contributed by atoms with E-state index in [0.717, 1.165) is 57.3 Å². The van der Waals surface area contributed by atoms with Gasteiger partial charge in [-0.1, -0.05) is 19.1 Å². The first-order valence-electron chi connectivity index (χ1n) is 15.6. The number of nitrogens with one attached hydrogen (secondary N) is 1. The molecule has 0 unspecified atom stereocenters. The minimum atomic E-state index is -5.04. The van der Waals surface area contributed by atoms with E-state index in [2.05, 4.69) is 26.8 Å². The second-order valence-electron chi connectivity index (χ2n) is 12.9. The maximum Gasteiger partial charge on any atom is 0.417 e. The van der Waals surface area contributed by atoms with Crippen molar-refractivity contribution in [2.45, 2.75) is 76.4 Å². The number of rotatable bonds is 5. The van der Waals surface area contributed by atoms with Crippen molar-refractivity contribution in [3.8, 4) is 23.1 Å². The van der Waals surface area contributed by atoms with E-state index in [4.69, 9.17) is 20.2 Å². The van der Waals surface area contributed by atoms with Gasteiger partial charge in [0, 0.05) is 31.2 Å². The fourth-order valence-corrected chi connectivity index (χ4v) is 7.97. The number of hydrogen-bond donors (Lipinski definition) is 2. The van der Waals surface area contributed by atoms with Crippen LogP contribution in [0.15, 0.2) is 18.2 Å². The number of pyridine rings is 1. The molecule has 0 spiro atoms. The van der Waals surface area contributed by atoms with E-state index in [9.17, 15) is 17.6 Å². The summed E-state index contributed by atoms with van der Waals surface area (Å²) in [5, 5.41) is 3.64. The van der Waals surface area contributed by atoms with Crippen LogP contribution in [-0.4, -0.2) is 76.4 Å². The van der Waals surface area contributed by atoms with Crippen LogP contribution in [0.1, 0.15) is 50.7 Å².